The van der Waals surface area contributed by atoms with E-state index in [0.29, 0.717) is 3.57 Å². The van der Waals surface area contributed by atoms with Crippen LogP contribution in [0.25, 0.3) is 5.65 Å². The van der Waals surface area contributed by atoms with E-state index in [0.717, 1.165) is 6.07 Å². The minimum atomic E-state index is -1.46. The van der Waals surface area contributed by atoms with E-state index in [1.54, 1.807) is 6.07 Å². The molecule has 0 aliphatic carbocycles. The highest BCUT2D eigenvalue weighted by atomic mass is 127. The maximum atomic E-state index is 14.2. The molecule has 0 saturated carbocycles. The molecule has 3 rings (SSSR count). The van der Waals surface area contributed by atoms with Gasteiger partial charge in [-0.2, -0.15) is 5.48 Å². The first-order valence-electron chi connectivity index (χ1n) is 7.41. The third kappa shape index (κ3) is 3.91. The molecule has 0 spiro atoms. The van der Waals surface area contributed by atoms with Crippen LogP contribution in [0.3, 0.4) is 0 Å². The Morgan fingerprint density at radius 3 is 2.81 bits per heavy atom. The maximum absolute atomic E-state index is 14.2. The second-order valence-electron chi connectivity index (χ2n) is 5.16. The molecule has 26 heavy (non-hydrogen) atoms. The van der Waals surface area contributed by atoms with E-state index in [-0.39, 0.29) is 35.9 Å². The molecule has 0 fully saturated rings. The van der Waals surface area contributed by atoms with Crippen molar-refractivity contribution in [3.63, 3.8) is 0 Å². The number of rotatable bonds is 7. The zero-order chi connectivity index (χ0) is 18.7. The molecule has 0 amide bonds. The van der Waals surface area contributed by atoms with Gasteiger partial charge < -0.3 is 15.5 Å². The number of halogens is 3. The van der Waals surface area contributed by atoms with Gasteiger partial charge in [0.15, 0.2) is 17.7 Å². The lowest BCUT2D eigenvalue weighted by Crippen LogP contribution is -2.24. The van der Waals surface area contributed by atoms with E-state index in [1.807, 2.05) is 22.6 Å². The molecule has 2 heterocycles. The summed E-state index contributed by atoms with van der Waals surface area (Å²) >= 11 is 1.98. The number of benzene rings is 1. The number of pyridine rings is 1. The minimum Gasteiger partial charge on any atom is -0.394 e. The summed E-state index contributed by atoms with van der Waals surface area (Å²) in [6.45, 7) is -0.347. The van der Waals surface area contributed by atoms with Crippen LogP contribution in [0, 0.1) is 15.2 Å². The van der Waals surface area contributed by atoms with Gasteiger partial charge in [0.1, 0.15) is 18.0 Å². The van der Waals surface area contributed by atoms with Crippen molar-refractivity contribution in [2.45, 2.75) is 6.23 Å². The first kappa shape index (κ1) is 18.8. The molecule has 0 aliphatic rings. The van der Waals surface area contributed by atoms with Crippen LogP contribution >= 0.6 is 22.6 Å². The second kappa shape index (κ2) is 8.18. The molecule has 0 radical (unpaired) electrons. The van der Waals surface area contributed by atoms with Gasteiger partial charge in [0.2, 0.25) is 0 Å². The maximum Gasteiger partial charge on any atom is 0.198 e. The fraction of sp³-hybridized carbons (Fsp3) is 0.200. The number of nitrogens with one attached hydrogen (secondary N) is 2. The largest absolute Gasteiger partial charge is 0.394 e. The number of aliphatic hydroxyl groups excluding tert-OH is 2. The molecule has 1 atom stereocenters. The zero-order valence-electron chi connectivity index (χ0n) is 13.2. The SMILES string of the molecule is OCCONC(O)c1cc(F)c2nncn2c1Nc1ccc(I)cc1F. The van der Waals surface area contributed by atoms with Gasteiger partial charge in [-0.25, -0.2) is 8.78 Å². The van der Waals surface area contributed by atoms with Crippen molar-refractivity contribution in [1.29, 1.82) is 0 Å². The molecule has 0 bridgehead atoms. The fourth-order valence-corrected chi connectivity index (χ4v) is 2.73. The molecular weight excluding hydrogens is 463 g/mol. The molecule has 1 aromatic carbocycles. The number of anilines is 2. The molecular formula is C15H14F2IN5O3. The third-order valence-electron chi connectivity index (χ3n) is 3.43. The van der Waals surface area contributed by atoms with E-state index in [9.17, 15) is 13.9 Å². The Hall–Kier alpha value is -1.93. The average Bonchev–Trinajstić information content (AvgIpc) is 3.09. The van der Waals surface area contributed by atoms with Crippen molar-refractivity contribution in [3.05, 3.63) is 51.4 Å². The standard InChI is InChI=1S/C15H14F2IN5O3/c16-10-5-8(18)1-2-12(10)20-13-9(15(25)22-26-4-3-24)6-11(17)14-21-19-7-23(13)14/h1-2,5-7,15,20,22,24-25H,3-4H2. The lowest BCUT2D eigenvalue weighted by Gasteiger charge is -2.19. The number of fused-ring (bicyclic) bond motifs is 1. The lowest BCUT2D eigenvalue weighted by atomic mass is 10.2. The Bertz CT molecular complexity index is 924. The monoisotopic (exact) mass is 477 g/mol. The van der Waals surface area contributed by atoms with Crippen LogP contribution in [0.4, 0.5) is 20.3 Å². The number of hydrogen-bond donors (Lipinski definition) is 4. The zero-order valence-corrected chi connectivity index (χ0v) is 15.3. The predicted molar refractivity (Wildman–Crippen MR) is 96.5 cm³/mol. The van der Waals surface area contributed by atoms with Crippen LogP contribution in [-0.2, 0) is 4.84 Å². The molecule has 8 nitrogen and oxygen atoms in total. The Kier molecular flexibility index (Phi) is 5.93. The lowest BCUT2D eigenvalue weighted by molar-refractivity contribution is -0.0676. The number of hydroxylamine groups is 1. The van der Waals surface area contributed by atoms with Gasteiger partial charge in [0.05, 0.1) is 18.9 Å². The van der Waals surface area contributed by atoms with Gasteiger partial charge in [-0.3, -0.25) is 9.24 Å². The van der Waals surface area contributed by atoms with Crippen molar-refractivity contribution in [1.82, 2.24) is 20.1 Å². The van der Waals surface area contributed by atoms with Crippen LogP contribution < -0.4 is 10.8 Å². The summed E-state index contributed by atoms with van der Waals surface area (Å²) in [6, 6.07) is 5.57. The van der Waals surface area contributed by atoms with Gasteiger partial charge >= 0.3 is 0 Å². The average molecular weight is 477 g/mol. The minimum absolute atomic E-state index is 0.0330. The first-order valence-corrected chi connectivity index (χ1v) is 8.49. The van der Waals surface area contributed by atoms with Crippen LogP contribution in [0.1, 0.15) is 11.8 Å². The molecule has 0 saturated heterocycles. The van der Waals surface area contributed by atoms with Gasteiger partial charge in [-0.05, 0) is 46.9 Å². The normalized spacial score (nSPS) is 12.5. The Morgan fingerprint density at radius 2 is 2.08 bits per heavy atom. The van der Waals surface area contributed by atoms with E-state index in [2.05, 4.69) is 21.0 Å². The number of nitrogens with zero attached hydrogens (tertiary/aromatic N) is 3. The second-order valence-corrected chi connectivity index (χ2v) is 6.41. The Balaban J connectivity index is 2.04. The molecule has 3 aromatic rings. The highest BCUT2D eigenvalue weighted by Gasteiger charge is 2.20. The molecule has 4 N–H and O–H groups in total. The van der Waals surface area contributed by atoms with Crippen LogP contribution in [0.15, 0.2) is 30.6 Å². The van der Waals surface area contributed by atoms with E-state index >= 15 is 0 Å². The van der Waals surface area contributed by atoms with Crippen molar-refractivity contribution < 1.29 is 23.8 Å². The summed E-state index contributed by atoms with van der Waals surface area (Å²) in [5, 5.41) is 29.1. The Morgan fingerprint density at radius 1 is 1.27 bits per heavy atom. The van der Waals surface area contributed by atoms with Crippen molar-refractivity contribution >= 4 is 39.7 Å². The van der Waals surface area contributed by atoms with Crippen molar-refractivity contribution in [2.24, 2.45) is 0 Å². The van der Waals surface area contributed by atoms with Crippen molar-refractivity contribution in [2.75, 3.05) is 18.5 Å². The topological polar surface area (TPSA) is 104 Å². The van der Waals surface area contributed by atoms with Crippen LogP contribution in [0.5, 0.6) is 0 Å². The summed E-state index contributed by atoms with van der Waals surface area (Å²) in [5.41, 5.74) is 2.34. The van der Waals surface area contributed by atoms with Gasteiger partial charge in [-0.15, -0.1) is 10.2 Å². The summed E-state index contributed by atoms with van der Waals surface area (Å²) in [7, 11) is 0. The molecule has 0 aliphatic heterocycles. The first-order chi connectivity index (χ1) is 12.5. The fourth-order valence-electron chi connectivity index (χ4n) is 2.28. The van der Waals surface area contributed by atoms with Crippen LogP contribution in [-0.4, -0.2) is 38.0 Å². The third-order valence-corrected chi connectivity index (χ3v) is 4.10. The molecule has 11 heteroatoms. The number of hydrogen-bond acceptors (Lipinski definition) is 7. The summed E-state index contributed by atoms with van der Waals surface area (Å²) in [6.07, 6.45) is -0.229. The summed E-state index contributed by atoms with van der Waals surface area (Å²) in [4.78, 5) is 4.86. The van der Waals surface area contributed by atoms with Gasteiger partial charge in [0.25, 0.3) is 0 Å². The molecule has 2 aromatic heterocycles. The smallest absolute Gasteiger partial charge is 0.198 e. The highest BCUT2D eigenvalue weighted by molar-refractivity contribution is 14.1. The number of aliphatic hydroxyl groups is 2. The van der Waals surface area contributed by atoms with E-state index < -0.39 is 17.9 Å². The quantitative estimate of drug-likeness (QED) is 0.178. The van der Waals surface area contributed by atoms with Gasteiger partial charge in [0, 0.05) is 9.13 Å². The van der Waals surface area contributed by atoms with E-state index in [4.69, 9.17) is 9.94 Å². The van der Waals surface area contributed by atoms with Gasteiger partial charge in [-0.1, -0.05) is 0 Å². The molecule has 138 valence electrons. The van der Waals surface area contributed by atoms with Crippen molar-refractivity contribution in [3.8, 4) is 0 Å². The highest BCUT2D eigenvalue weighted by Crippen LogP contribution is 2.29. The van der Waals surface area contributed by atoms with Crippen LogP contribution in [0.2, 0.25) is 0 Å². The summed E-state index contributed by atoms with van der Waals surface area (Å²) < 4.78 is 30.4. The number of aromatic nitrogens is 3. The molecule has 1 unspecified atom stereocenters. The summed E-state index contributed by atoms with van der Waals surface area (Å²) in [5.74, 6) is -1.10. The van der Waals surface area contributed by atoms with E-state index in [1.165, 1.54) is 22.9 Å². The Labute approximate surface area is 159 Å². The predicted octanol–water partition coefficient (Wildman–Crippen LogP) is 1.86.